The summed E-state index contributed by atoms with van der Waals surface area (Å²) in [6, 6.07) is 2.79. The molecule has 3 aromatic rings. The number of nitrogens with zero attached hydrogens (tertiary/aromatic N) is 5. The van der Waals surface area contributed by atoms with E-state index in [0.29, 0.717) is 30.6 Å². The van der Waals surface area contributed by atoms with Gasteiger partial charge in [0.1, 0.15) is 6.04 Å². The second kappa shape index (κ2) is 14.1. The van der Waals surface area contributed by atoms with Gasteiger partial charge in [-0.2, -0.15) is 18.3 Å². The number of alkyl halides is 5. The first-order valence-electron chi connectivity index (χ1n) is 15.7. The summed E-state index contributed by atoms with van der Waals surface area (Å²) < 4.78 is 70.1. The molecule has 20 heteroatoms. The summed E-state index contributed by atoms with van der Waals surface area (Å²) in [5.74, 6) is -4.67. The Kier molecular flexibility index (Phi) is 10.4. The maximum absolute atomic E-state index is 13.8. The van der Waals surface area contributed by atoms with Crippen molar-refractivity contribution in [1.29, 1.82) is 0 Å². The molecule has 2 aromatic heterocycles. The molecule has 3 aliphatic rings. The zero-order valence-electron chi connectivity index (χ0n) is 27.3. The lowest BCUT2D eigenvalue weighted by Gasteiger charge is -2.41. The first kappa shape index (κ1) is 37.5. The van der Waals surface area contributed by atoms with Crippen molar-refractivity contribution in [3.63, 3.8) is 0 Å². The number of halogens is 6. The lowest BCUT2D eigenvalue weighted by molar-refractivity contribution is -0.141. The minimum atomic E-state index is -4.95. The monoisotopic (exact) mass is 743 g/mol. The van der Waals surface area contributed by atoms with Crippen molar-refractivity contribution in [2.24, 2.45) is 12.8 Å². The molecule has 1 unspecified atom stereocenters. The lowest BCUT2D eigenvalue weighted by atomic mass is 9.87. The Balaban J connectivity index is 0.00000162. The smallest absolute Gasteiger partial charge is 0.435 e. The number of likely N-dealkylation sites (tertiary alicyclic amines) is 1. The molecule has 1 aliphatic heterocycles. The first-order chi connectivity index (χ1) is 23.9. The van der Waals surface area contributed by atoms with Gasteiger partial charge in [0.25, 0.3) is 24.2 Å². The predicted octanol–water partition coefficient (Wildman–Crippen LogP) is 4.27. The summed E-state index contributed by atoms with van der Waals surface area (Å²) in [6.45, 7) is 2.54. The predicted molar refractivity (Wildman–Crippen MR) is 172 cm³/mol. The number of amides is 4. The van der Waals surface area contributed by atoms with Crippen LogP contribution in [0.25, 0.3) is 11.3 Å². The number of aromatic nitrogens is 4. The van der Waals surface area contributed by atoms with Crippen molar-refractivity contribution >= 4 is 41.6 Å². The molecule has 3 heterocycles. The number of anilines is 1. The summed E-state index contributed by atoms with van der Waals surface area (Å²) in [5, 5.41) is 18.8. The van der Waals surface area contributed by atoms with Gasteiger partial charge in [0.15, 0.2) is 11.5 Å². The minimum Gasteiger partial charge on any atom is -0.483 e. The van der Waals surface area contributed by atoms with Gasteiger partial charge < -0.3 is 36.3 Å². The van der Waals surface area contributed by atoms with Gasteiger partial charge in [-0.1, -0.05) is 11.6 Å². The van der Waals surface area contributed by atoms with Crippen molar-refractivity contribution in [3.05, 3.63) is 52.7 Å². The summed E-state index contributed by atoms with van der Waals surface area (Å²) in [5.41, 5.74) is 3.49. The molecule has 1 saturated heterocycles. The highest BCUT2D eigenvalue weighted by molar-refractivity contribution is 6.34. The molecule has 4 amide bonds. The van der Waals surface area contributed by atoms with Crippen molar-refractivity contribution in [1.82, 2.24) is 34.9 Å². The van der Waals surface area contributed by atoms with Crippen LogP contribution in [0, 0.1) is 0 Å². The third-order valence-electron chi connectivity index (χ3n) is 9.12. The zero-order chi connectivity index (χ0) is 37.5. The van der Waals surface area contributed by atoms with E-state index in [1.165, 1.54) is 25.2 Å². The minimum absolute atomic E-state index is 0.0315. The number of nitrogens with one attached hydrogen (secondary N) is 3. The average Bonchev–Trinajstić information content (AvgIpc) is 3.31. The Morgan fingerprint density at radius 3 is 2.31 bits per heavy atom. The highest BCUT2D eigenvalue weighted by Gasteiger charge is 2.59. The molecular weight excluding hydrogens is 709 g/mol. The van der Waals surface area contributed by atoms with Crippen LogP contribution < -0.4 is 21.7 Å². The van der Waals surface area contributed by atoms with Crippen LogP contribution in [-0.2, 0) is 18.0 Å². The number of benzene rings is 1. The maximum Gasteiger partial charge on any atom is 0.435 e. The van der Waals surface area contributed by atoms with E-state index in [1.807, 2.05) is 6.92 Å². The average molecular weight is 744 g/mol. The van der Waals surface area contributed by atoms with Gasteiger partial charge in [-0.3, -0.25) is 19.1 Å². The third-order valence-corrected chi connectivity index (χ3v) is 9.44. The Hall–Kier alpha value is -4.78. The molecule has 51 heavy (non-hydrogen) atoms. The Morgan fingerprint density at radius 2 is 1.76 bits per heavy atom. The number of piperidine rings is 1. The fraction of sp³-hybridized carbons (Fsp3) is 0.484. The van der Waals surface area contributed by atoms with Crippen molar-refractivity contribution in [3.8, 4) is 11.3 Å². The van der Waals surface area contributed by atoms with Crippen LogP contribution in [0.4, 0.5) is 32.4 Å². The molecule has 6 rings (SSSR count). The van der Waals surface area contributed by atoms with Gasteiger partial charge in [-0.05, 0) is 50.8 Å². The molecule has 1 aromatic carbocycles. The normalized spacial score (nSPS) is 21.7. The van der Waals surface area contributed by atoms with E-state index < -0.39 is 53.2 Å². The largest absolute Gasteiger partial charge is 0.483 e. The van der Waals surface area contributed by atoms with Crippen molar-refractivity contribution < 1.29 is 46.2 Å². The molecule has 276 valence electrons. The second-order valence-electron chi connectivity index (χ2n) is 13.0. The van der Waals surface area contributed by atoms with E-state index in [-0.39, 0.29) is 52.4 Å². The van der Waals surface area contributed by atoms with E-state index in [4.69, 9.17) is 27.2 Å². The number of urea groups is 1. The number of carbonyl (C=O) groups excluding carboxylic acids is 3. The van der Waals surface area contributed by atoms with E-state index >= 15 is 0 Å². The number of carboxylic acid groups (broad SMARTS) is 1. The van der Waals surface area contributed by atoms with Gasteiger partial charge in [0.2, 0.25) is 0 Å². The van der Waals surface area contributed by atoms with Crippen molar-refractivity contribution in [2.75, 3.05) is 18.4 Å². The molecular formula is C31H35ClF5N9O5. The van der Waals surface area contributed by atoms with E-state index in [0.717, 1.165) is 29.8 Å². The van der Waals surface area contributed by atoms with Crippen molar-refractivity contribution in [2.45, 2.75) is 74.8 Å². The van der Waals surface area contributed by atoms with E-state index in [9.17, 15) is 36.3 Å². The van der Waals surface area contributed by atoms with Gasteiger partial charge in [0.05, 0.1) is 28.0 Å². The topological polar surface area (TPSA) is 190 Å². The van der Waals surface area contributed by atoms with E-state index in [2.05, 4.69) is 26.0 Å². The number of imidazole rings is 1. The lowest BCUT2D eigenvalue weighted by Crippen LogP contribution is -2.58. The Morgan fingerprint density at radius 1 is 1.14 bits per heavy atom. The van der Waals surface area contributed by atoms with Crippen LogP contribution in [0.1, 0.15) is 71.7 Å². The highest BCUT2D eigenvalue weighted by atomic mass is 35.5. The SMILES string of the molecule is Cn1c(-c2cn(C3CC3(F)F)nc2C(F)(F)F)cnc1C(=O)Nc1ccc(C(=O)NC2(C)CCN(C(=O)NC3CC(N)C3)CC2)c(Cl)c1.O=CO. The fourth-order valence-corrected chi connectivity index (χ4v) is 6.25. The van der Waals surface area contributed by atoms with Crippen LogP contribution in [0.5, 0.6) is 0 Å². The summed E-state index contributed by atoms with van der Waals surface area (Å²) >= 11 is 6.42. The number of carbonyl (C=O) groups is 4. The summed E-state index contributed by atoms with van der Waals surface area (Å²) in [6.07, 6.45) is -1.11. The number of rotatable bonds is 7. The molecule has 6 N–H and O–H groups in total. The Bertz CT molecular complexity index is 1820. The molecule has 3 fully saturated rings. The first-order valence-corrected chi connectivity index (χ1v) is 16.1. The molecule has 2 saturated carbocycles. The van der Waals surface area contributed by atoms with Gasteiger partial charge in [0, 0.05) is 56.1 Å². The quantitative estimate of drug-likeness (QED) is 0.175. The third kappa shape index (κ3) is 8.24. The summed E-state index contributed by atoms with van der Waals surface area (Å²) in [7, 11) is 1.31. The molecule has 0 bridgehead atoms. The Labute approximate surface area is 292 Å². The van der Waals surface area contributed by atoms with Crippen LogP contribution in [0.3, 0.4) is 0 Å². The molecule has 2 aliphatic carbocycles. The number of nitrogens with two attached hydrogens (primary N) is 1. The van der Waals surface area contributed by atoms with Crippen LogP contribution in [0.2, 0.25) is 5.02 Å². The maximum atomic E-state index is 13.8. The highest BCUT2D eigenvalue weighted by Crippen LogP contribution is 2.53. The van der Waals surface area contributed by atoms with Crippen LogP contribution >= 0.6 is 11.6 Å². The number of hydrogen-bond donors (Lipinski definition) is 5. The molecule has 14 nitrogen and oxygen atoms in total. The molecule has 0 radical (unpaired) electrons. The molecule has 1 atom stereocenters. The standard InChI is InChI=1S/C30H33ClF5N9O3.CH2O2/c1-28(5-7-44(8-6-28)27(48)40-17-9-15(37)10-17)41-25(46)18-4-3-16(11-20(18)31)39-26(47)24-38-13-21(43(24)2)19-14-45(22-12-29(22,32)33)42-23(19)30(34,35)36;2-1-3/h3-4,11,13-15,17,22H,5-10,12,37H2,1-2H3,(H,39,47)(H,40,48)(H,41,46);1H,(H,2,3). The van der Waals surface area contributed by atoms with E-state index in [1.54, 1.807) is 4.90 Å². The second-order valence-corrected chi connectivity index (χ2v) is 13.4. The van der Waals surface area contributed by atoms with Gasteiger partial charge in [-0.15, -0.1) is 0 Å². The van der Waals surface area contributed by atoms with Gasteiger partial charge >= 0.3 is 12.2 Å². The fourth-order valence-electron chi connectivity index (χ4n) is 5.98. The van der Waals surface area contributed by atoms with Crippen LogP contribution in [0.15, 0.2) is 30.6 Å². The van der Waals surface area contributed by atoms with Crippen LogP contribution in [-0.4, -0.2) is 90.3 Å². The molecule has 0 spiro atoms. The summed E-state index contributed by atoms with van der Waals surface area (Å²) in [4.78, 5) is 52.8. The zero-order valence-corrected chi connectivity index (χ0v) is 28.1. The number of hydrogen-bond acceptors (Lipinski definition) is 7. The van der Waals surface area contributed by atoms with Gasteiger partial charge in [-0.25, -0.2) is 18.6 Å².